The summed E-state index contributed by atoms with van der Waals surface area (Å²) >= 11 is 0. The number of methoxy groups -OCH3 is 1. The first-order chi connectivity index (χ1) is 21.0. The molecule has 1 aliphatic rings. The Labute approximate surface area is 249 Å². The van der Waals surface area contributed by atoms with Crippen LogP contribution in [0.5, 0.6) is 23.0 Å². The van der Waals surface area contributed by atoms with Crippen LogP contribution < -0.4 is 30.2 Å². The van der Waals surface area contributed by atoms with Crippen LogP contribution in [0.25, 0.3) is 10.9 Å². The predicted molar refractivity (Wildman–Crippen MR) is 162 cm³/mol. The van der Waals surface area contributed by atoms with Gasteiger partial charge in [0.15, 0.2) is 23.1 Å². The summed E-state index contributed by atoms with van der Waals surface area (Å²) in [6.45, 7) is 2.91. The Morgan fingerprint density at radius 1 is 0.977 bits per heavy atom. The Morgan fingerprint density at radius 2 is 1.77 bits per heavy atom. The third-order valence-corrected chi connectivity index (χ3v) is 7.31. The van der Waals surface area contributed by atoms with Crippen LogP contribution in [0.1, 0.15) is 24.8 Å². The second-order valence-corrected chi connectivity index (χ2v) is 10.4. The number of halogens is 1. The van der Waals surface area contributed by atoms with Gasteiger partial charge in [0.25, 0.3) is 0 Å². The number of hydrogen-bond acceptors (Lipinski definition) is 7. The lowest BCUT2D eigenvalue weighted by molar-refractivity contribution is -0.136. The van der Waals surface area contributed by atoms with Gasteiger partial charge in [-0.05, 0) is 80.6 Å². The molecule has 3 N–H and O–H groups in total. The van der Waals surface area contributed by atoms with Crippen molar-refractivity contribution < 1.29 is 28.2 Å². The number of ether oxygens (including phenoxy) is 3. The number of carbonyl (C=O) groups is 2. The van der Waals surface area contributed by atoms with Gasteiger partial charge in [-0.3, -0.25) is 14.6 Å². The largest absolute Gasteiger partial charge is 0.491 e. The van der Waals surface area contributed by atoms with Gasteiger partial charge in [0, 0.05) is 29.9 Å². The second kappa shape index (κ2) is 14.5. The molecule has 224 valence electrons. The van der Waals surface area contributed by atoms with Crippen molar-refractivity contribution in [1.29, 1.82) is 0 Å². The molecule has 0 aliphatic carbocycles. The van der Waals surface area contributed by atoms with Crippen LogP contribution in [0.3, 0.4) is 0 Å². The van der Waals surface area contributed by atoms with E-state index in [1.54, 1.807) is 25.4 Å². The maximum absolute atomic E-state index is 15.0. The lowest BCUT2D eigenvalue weighted by Crippen LogP contribution is -2.36. The first-order valence-corrected chi connectivity index (χ1v) is 14.4. The monoisotopic (exact) mass is 586 g/mol. The third kappa shape index (κ3) is 7.78. The first-order valence-electron chi connectivity index (χ1n) is 14.4. The molecule has 0 atom stereocenters. The number of benzene rings is 3. The van der Waals surface area contributed by atoms with Gasteiger partial charge in [-0.15, -0.1) is 0 Å². The van der Waals surface area contributed by atoms with E-state index in [2.05, 4.69) is 20.9 Å². The van der Waals surface area contributed by atoms with Crippen molar-refractivity contribution in [3.8, 4) is 23.0 Å². The van der Waals surface area contributed by atoms with Crippen LogP contribution in [0.15, 0.2) is 72.9 Å². The Balaban J connectivity index is 1.20. The summed E-state index contributed by atoms with van der Waals surface area (Å²) in [6.07, 6.45) is 5.14. The topological polar surface area (TPSA) is 111 Å². The summed E-state index contributed by atoms with van der Waals surface area (Å²) in [5.41, 5.74) is 1.81. The Kier molecular flexibility index (Phi) is 10.0. The second-order valence-electron chi connectivity index (χ2n) is 10.4. The summed E-state index contributed by atoms with van der Waals surface area (Å²) in [5.74, 6) is -0.513. The van der Waals surface area contributed by atoms with Crippen LogP contribution in [0.2, 0.25) is 0 Å². The maximum Gasteiger partial charge on any atom is 0.313 e. The number of fused-ring (bicyclic) bond motifs is 1. The van der Waals surface area contributed by atoms with Crippen molar-refractivity contribution in [3.05, 3.63) is 84.3 Å². The quantitative estimate of drug-likeness (QED) is 0.163. The fourth-order valence-corrected chi connectivity index (χ4v) is 4.99. The molecule has 2 amide bonds. The van der Waals surface area contributed by atoms with Crippen LogP contribution in [0.4, 0.5) is 10.1 Å². The highest BCUT2D eigenvalue weighted by Crippen LogP contribution is 2.40. The van der Waals surface area contributed by atoms with E-state index >= 15 is 4.39 Å². The number of anilines is 1. The molecular formula is C33H35FN4O5. The van der Waals surface area contributed by atoms with Crippen molar-refractivity contribution in [3.63, 3.8) is 0 Å². The van der Waals surface area contributed by atoms with Crippen molar-refractivity contribution >= 4 is 28.4 Å². The number of carbonyl (C=O) groups excluding carboxylic acids is 2. The molecule has 0 bridgehead atoms. The highest BCUT2D eigenvalue weighted by atomic mass is 19.1. The lowest BCUT2D eigenvalue weighted by atomic mass is 9.99. The van der Waals surface area contributed by atoms with E-state index in [0.717, 1.165) is 44.0 Å². The molecule has 1 aromatic heterocycles. The number of aryl methyl sites for hydroxylation is 1. The number of hydrogen-bond donors (Lipinski definition) is 3. The van der Waals surface area contributed by atoms with Crippen LogP contribution in [-0.4, -0.2) is 50.1 Å². The highest BCUT2D eigenvalue weighted by Gasteiger charge is 2.19. The molecule has 4 aromatic rings. The zero-order chi connectivity index (χ0) is 30.0. The summed E-state index contributed by atoms with van der Waals surface area (Å²) in [7, 11) is 1.55. The fourth-order valence-electron chi connectivity index (χ4n) is 4.99. The van der Waals surface area contributed by atoms with Gasteiger partial charge in [-0.25, -0.2) is 4.39 Å². The highest BCUT2D eigenvalue weighted by molar-refractivity contribution is 6.39. The van der Waals surface area contributed by atoms with Crippen molar-refractivity contribution in [2.24, 2.45) is 5.92 Å². The van der Waals surface area contributed by atoms with E-state index in [-0.39, 0.29) is 11.4 Å². The number of piperidine rings is 1. The molecule has 43 heavy (non-hydrogen) atoms. The zero-order valence-electron chi connectivity index (χ0n) is 24.0. The molecule has 0 unspecified atom stereocenters. The molecular weight excluding hydrogens is 551 g/mol. The first kappa shape index (κ1) is 29.8. The molecule has 0 spiro atoms. The van der Waals surface area contributed by atoms with Crippen LogP contribution >= 0.6 is 0 Å². The Hall–Kier alpha value is -4.70. The smallest absolute Gasteiger partial charge is 0.313 e. The van der Waals surface area contributed by atoms with E-state index in [9.17, 15) is 9.59 Å². The van der Waals surface area contributed by atoms with Crippen LogP contribution in [-0.2, 0) is 16.0 Å². The van der Waals surface area contributed by atoms with E-state index in [1.165, 1.54) is 12.1 Å². The van der Waals surface area contributed by atoms with Crippen LogP contribution in [0, 0.1) is 11.7 Å². The number of nitrogens with zero attached hydrogens (tertiary/aromatic N) is 1. The number of rotatable bonds is 11. The SMILES string of the molecule is COc1c(OCC2CCNCC2)ccc2c(Oc3ccc(NC(=O)C(=O)NCCCc4ccccc4)cc3F)ccnc12. The summed E-state index contributed by atoms with van der Waals surface area (Å²) < 4.78 is 32.7. The van der Waals surface area contributed by atoms with Gasteiger partial charge in [0.1, 0.15) is 11.3 Å². The molecule has 9 nitrogen and oxygen atoms in total. The fraction of sp³-hybridized carbons (Fsp3) is 0.303. The number of pyridine rings is 1. The summed E-state index contributed by atoms with van der Waals surface area (Å²) in [4.78, 5) is 29.0. The normalized spacial score (nSPS) is 13.3. The van der Waals surface area contributed by atoms with Gasteiger partial charge in [0.2, 0.25) is 0 Å². The molecule has 3 aromatic carbocycles. The average Bonchev–Trinajstić information content (AvgIpc) is 3.04. The van der Waals surface area contributed by atoms with Gasteiger partial charge in [0.05, 0.1) is 13.7 Å². The molecule has 1 saturated heterocycles. The van der Waals surface area contributed by atoms with Crippen molar-refractivity contribution in [2.45, 2.75) is 25.7 Å². The zero-order valence-corrected chi connectivity index (χ0v) is 24.0. The minimum Gasteiger partial charge on any atom is -0.491 e. The number of aromatic nitrogens is 1. The van der Waals surface area contributed by atoms with Gasteiger partial charge >= 0.3 is 11.8 Å². The molecule has 0 saturated carbocycles. The molecule has 2 heterocycles. The average molecular weight is 587 g/mol. The predicted octanol–water partition coefficient (Wildman–Crippen LogP) is 5.24. The third-order valence-electron chi connectivity index (χ3n) is 7.31. The Bertz CT molecular complexity index is 1560. The Morgan fingerprint density at radius 3 is 2.53 bits per heavy atom. The number of nitrogens with one attached hydrogen (secondary N) is 3. The molecule has 5 rings (SSSR count). The summed E-state index contributed by atoms with van der Waals surface area (Å²) in [6, 6.07) is 19.1. The standard InChI is InChI=1S/C33H35FN4O5/c1-41-31-29(42-21-23-13-17-35-18-14-23)12-10-25-27(15-19-36-30(25)31)43-28-11-9-24(20-26(28)34)38-33(40)32(39)37-16-5-8-22-6-3-2-4-7-22/h2-4,6-7,9-12,15,19-20,23,35H,5,8,13-14,16-18,21H2,1H3,(H,37,39)(H,38,40). The number of amides is 2. The lowest BCUT2D eigenvalue weighted by Gasteiger charge is -2.23. The van der Waals surface area contributed by atoms with E-state index < -0.39 is 17.6 Å². The van der Waals surface area contributed by atoms with E-state index in [4.69, 9.17) is 14.2 Å². The van der Waals surface area contributed by atoms with Crippen molar-refractivity contribution in [1.82, 2.24) is 15.6 Å². The minimum absolute atomic E-state index is 0.0546. The minimum atomic E-state index is -0.877. The van der Waals surface area contributed by atoms with Crippen molar-refractivity contribution in [2.75, 3.05) is 38.7 Å². The maximum atomic E-state index is 15.0. The summed E-state index contributed by atoms with van der Waals surface area (Å²) in [5, 5.41) is 8.99. The van der Waals surface area contributed by atoms with Gasteiger partial charge < -0.3 is 30.2 Å². The molecule has 1 fully saturated rings. The molecule has 1 aliphatic heterocycles. The van der Waals surface area contributed by atoms with Gasteiger partial charge in [-0.2, -0.15) is 0 Å². The van der Waals surface area contributed by atoms with Gasteiger partial charge in [-0.1, -0.05) is 30.3 Å². The van der Waals surface area contributed by atoms with E-state index in [1.807, 2.05) is 36.4 Å². The molecule has 10 heteroatoms. The van der Waals surface area contributed by atoms with E-state index in [0.29, 0.717) is 53.6 Å². The molecule has 0 radical (unpaired) electrons.